The van der Waals surface area contributed by atoms with Crippen molar-refractivity contribution < 1.29 is 8.42 Å². The summed E-state index contributed by atoms with van der Waals surface area (Å²) < 4.78 is 22.3. The molecule has 0 bridgehead atoms. The fourth-order valence-corrected chi connectivity index (χ4v) is 3.22. The molecule has 1 atom stereocenters. The third-order valence-corrected chi connectivity index (χ3v) is 4.02. The highest BCUT2D eigenvalue weighted by Crippen LogP contribution is 2.11. The van der Waals surface area contributed by atoms with Gasteiger partial charge in [-0.1, -0.05) is 0 Å². The fraction of sp³-hybridized carbons (Fsp3) is 0.714. The molecule has 2 heterocycles. The second kappa shape index (κ2) is 3.66. The summed E-state index contributed by atoms with van der Waals surface area (Å²) in [4.78, 5) is 3.93. The summed E-state index contributed by atoms with van der Waals surface area (Å²) in [6.45, 7) is 0.542. The molecule has 78 valence electrons. The van der Waals surface area contributed by atoms with Crippen molar-refractivity contribution in [2.75, 3.05) is 11.5 Å². The minimum atomic E-state index is -2.80. The second-order valence-electron chi connectivity index (χ2n) is 3.41. The van der Waals surface area contributed by atoms with Gasteiger partial charge in [0, 0.05) is 6.04 Å². The van der Waals surface area contributed by atoms with Crippen molar-refractivity contribution in [1.82, 2.24) is 20.5 Å². The standard InChI is InChI=1S/C7H12N4O2S/c12-14(13)2-1-6(4-14)8-3-7-9-5-10-11-7/h5-6,8H,1-4H2,(H,9,10,11). The van der Waals surface area contributed by atoms with Gasteiger partial charge in [0.2, 0.25) is 0 Å². The largest absolute Gasteiger partial charge is 0.306 e. The number of hydrogen-bond donors (Lipinski definition) is 2. The van der Waals surface area contributed by atoms with Gasteiger partial charge >= 0.3 is 0 Å². The highest BCUT2D eigenvalue weighted by atomic mass is 32.2. The quantitative estimate of drug-likeness (QED) is 0.682. The van der Waals surface area contributed by atoms with E-state index in [2.05, 4.69) is 20.5 Å². The highest BCUT2D eigenvalue weighted by molar-refractivity contribution is 7.91. The summed E-state index contributed by atoms with van der Waals surface area (Å²) in [6.07, 6.45) is 2.12. The van der Waals surface area contributed by atoms with Crippen molar-refractivity contribution in [3.63, 3.8) is 0 Å². The van der Waals surface area contributed by atoms with Crippen molar-refractivity contribution in [1.29, 1.82) is 0 Å². The number of rotatable bonds is 3. The lowest BCUT2D eigenvalue weighted by molar-refractivity contribution is 0.542. The van der Waals surface area contributed by atoms with Crippen LogP contribution < -0.4 is 5.32 Å². The molecule has 1 aromatic rings. The number of hydrogen-bond acceptors (Lipinski definition) is 5. The van der Waals surface area contributed by atoms with Crippen molar-refractivity contribution in [3.8, 4) is 0 Å². The molecule has 6 nitrogen and oxygen atoms in total. The van der Waals surface area contributed by atoms with Gasteiger partial charge in [0.05, 0.1) is 18.1 Å². The first-order valence-electron chi connectivity index (χ1n) is 4.44. The summed E-state index contributed by atoms with van der Waals surface area (Å²) in [6, 6.07) is 0.0603. The first kappa shape index (κ1) is 9.60. The molecule has 2 rings (SSSR count). The summed E-state index contributed by atoms with van der Waals surface area (Å²) >= 11 is 0. The Kier molecular flexibility index (Phi) is 2.51. The predicted octanol–water partition coefficient (Wildman–Crippen LogP) is -0.919. The van der Waals surface area contributed by atoms with E-state index in [-0.39, 0.29) is 11.8 Å². The second-order valence-corrected chi connectivity index (χ2v) is 5.64. The van der Waals surface area contributed by atoms with Crippen LogP contribution >= 0.6 is 0 Å². The molecule has 0 aromatic carbocycles. The zero-order chi connectivity index (χ0) is 10.0. The summed E-state index contributed by atoms with van der Waals surface area (Å²) in [5.74, 6) is 1.26. The van der Waals surface area contributed by atoms with Crippen LogP contribution in [0.3, 0.4) is 0 Å². The lowest BCUT2D eigenvalue weighted by Crippen LogP contribution is -2.29. The molecular weight excluding hydrogens is 204 g/mol. The van der Waals surface area contributed by atoms with E-state index in [0.29, 0.717) is 18.7 Å². The Hall–Kier alpha value is -0.950. The van der Waals surface area contributed by atoms with E-state index in [0.717, 1.165) is 5.82 Å². The van der Waals surface area contributed by atoms with E-state index in [1.807, 2.05) is 0 Å². The van der Waals surface area contributed by atoms with Crippen LogP contribution in [0.5, 0.6) is 0 Å². The number of sulfone groups is 1. The third-order valence-electron chi connectivity index (χ3n) is 2.26. The molecule has 2 N–H and O–H groups in total. The summed E-state index contributed by atoms with van der Waals surface area (Å²) in [5.41, 5.74) is 0. The Bertz CT molecular complexity index is 386. The van der Waals surface area contributed by atoms with Gasteiger partial charge in [-0.3, -0.25) is 5.10 Å². The van der Waals surface area contributed by atoms with Gasteiger partial charge in [0.15, 0.2) is 9.84 Å². The maximum absolute atomic E-state index is 11.1. The van der Waals surface area contributed by atoms with Crippen molar-refractivity contribution in [3.05, 3.63) is 12.2 Å². The number of aromatic nitrogens is 3. The van der Waals surface area contributed by atoms with Crippen LogP contribution in [-0.4, -0.2) is 41.1 Å². The van der Waals surface area contributed by atoms with Crippen LogP contribution in [0.1, 0.15) is 12.2 Å². The van der Waals surface area contributed by atoms with Gasteiger partial charge in [-0.2, -0.15) is 5.10 Å². The zero-order valence-corrected chi connectivity index (χ0v) is 8.42. The van der Waals surface area contributed by atoms with E-state index in [1.54, 1.807) is 0 Å². The molecule has 1 fully saturated rings. The minimum absolute atomic E-state index is 0.0603. The molecule has 0 amide bonds. The molecule has 0 saturated carbocycles. The highest BCUT2D eigenvalue weighted by Gasteiger charge is 2.27. The van der Waals surface area contributed by atoms with Gasteiger partial charge in [-0.05, 0) is 6.42 Å². The first-order valence-corrected chi connectivity index (χ1v) is 6.26. The maximum Gasteiger partial charge on any atom is 0.151 e. The van der Waals surface area contributed by atoms with Crippen molar-refractivity contribution in [2.45, 2.75) is 19.0 Å². The molecule has 14 heavy (non-hydrogen) atoms. The first-order chi connectivity index (χ1) is 6.66. The van der Waals surface area contributed by atoms with Gasteiger partial charge in [0.25, 0.3) is 0 Å². The number of aromatic amines is 1. The SMILES string of the molecule is O=S1(=O)CCC(NCc2ncn[nH]2)C1. The molecule has 1 aromatic heterocycles. The van der Waals surface area contributed by atoms with E-state index in [9.17, 15) is 8.42 Å². The van der Waals surface area contributed by atoms with Crippen LogP contribution in [0.15, 0.2) is 6.33 Å². The lowest BCUT2D eigenvalue weighted by atomic mass is 10.2. The van der Waals surface area contributed by atoms with Crippen LogP contribution in [0, 0.1) is 0 Å². The molecule has 0 aliphatic carbocycles. The molecule has 7 heteroatoms. The van der Waals surface area contributed by atoms with Crippen LogP contribution in [0.4, 0.5) is 0 Å². The Morgan fingerprint density at radius 1 is 1.64 bits per heavy atom. The monoisotopic (exact) mass is 216 g/mol. The minimum Gasteiger partial charge on any atom is -0.306 e. The average molecular weight is 216 g/mol. The zero-order valence-electron chi connectivity index (χ0n) is 7.60. The molecule has 1 aliphatic rings. The molecule has 1 aliphatic heterocycles. The third kappa shape index (κ3) is 2.30. The predicted molar refractivity (Wildman–Crippen MR) is 50.3 cm³/mol. The lowest BCUT2D eigenvalue weighted by Gasteiger charge is -2.07. The van der Waals surface area contributed by atoms with E-state index >= 15 is 0 Å². The number of H-pyrrole nitrogens is 1. The van der Waals surface area contributed by atoms with E-state index in [4.69, 9.17) is 0 Å². The number of nitrogens with zero attached hydrogens (tertiary/aromatic N) is 2. The molecule has 0 spiro atoms. The Morgan fingerprint density at radius 2 is 2.50 bits per heavy atom. The Morgan fingerprint density at radius 3 is 3.07 bits per heavy atom. The van der Waals surface area contributed by atoms with Gasteiger partial charge < -0.3 is 5.32 Å². The van der Waals surface area contributed by atoms with Crippen LogP contribution in [0.25, 0.3) is 0 Å². The fourth-order valence-electron chi connectivity index (χ4n) is 1.51. The topological polar surface area (TPSA) is 87.7 Å². The van der Waals surface area contributed by atoms with Gasteiger partial charge in [0.1, 0.15) is 12.2 Å². The van der Waals surface area contributed by atoms with Crippen LogP contribution in [-0.2, 0) is 16.4 Å². The average Bonchev–Trinajstić information content (AvgIpc) is 2.70. The van der Waals surface area contributed by atoms with Crippen LogP contribution in [0.2, 0.25) is 0 Å². The van der Waals surface area contributed by atoms with Gasteiger partial charge in [-0.15, -0.1) is 0 Å². The van der Waals surface area contributed by atoms with E-state index < -0.39 is 9.84 Å². The van der Waals surface area contributed by atoms with Gasteiger partial charge in [-0.25, -0.2) is 13.4 Å². The summed E-state index contributed by atoms with van der Waals surface area (Å²) in [5, 5.41) is 9.54. The Labute approximate surface area is 82.0 Å². The normalized spacial score (nSPS) is 25.3. The maximum atomic E-state index is 11.1. The number of nitrogens with one attached hydrogen (secondary N) is 2. The Balaban J connectivity index is 1.83. The summed E-state index contributed by atoms with van der Waals surface area (Å²) in [7, 11) is -2.80. The smallest absolute Gasteiger partial charge is 0.151 e. The molecule has 1 saturated heterocycles. The van der Waals surface area contributed by atoms with E-state index in [1.165, 1.54) is 6.33 Å². The van der Waals surface area contributed by atoms with Crippen molar-refractivity contribution >= 4 is 9.84 Å². The molecular formula is C7H12N4O2S. The molecule has 1 unspecified atom stereocenters. The molecule has 0 radical (unpaired) electrons. The van der Waals surface area contributed by atoms with Crippen molar-refractivity contribution in [2.24, 2.45) is 0 Å².